The summed E-state index contributed by atoms with van der Waals surface area (Å²) in [6.45, 7) is 0. The van der Waals surface area contributed by atoms with Gasteiger partial charge in [0.2, 0.25) is 5.75 Å². The largest absolute Gasteiger partial charge is 0.497 e. The molecule has 0 aliphatic heterocycles. The molecule has 0 saturated carbocycles. The third kappa shape index (κ3) is 3.69. The van der Waals surface area contributed by atoms with Gasteiger partial charge in [0.15, 0.2) is 11.5 Å². The van der Waals surface area contributed by atoms with Gasteiger partial charge in [0, 0.05) is 0 Å². The van der Waals surface area contributed by atoms with Crippen molar-refractivity contribution in [1.29, 1.82) is 0 Å². The topological polar surface area (TPSA) is 54.0 Å². The van der Waals surface area contributed by atoms with Crippen molar-refractivity contribution in [2.75, 3.05) is 21.3 Å². The first-order chi connectivity index (χ1) is 10.7. The highest BCUT2D eigenvalue weighted by molar-refractivity contribution is 5.77. The Morgan fingerprint density at radius 2 is 1.55 bits per heavy atom. The lowest BCUT2D eigenvalue weighted by Crippen LogP contribution is -2.12. The van der Waals surface area contributed by atoms with Gasteiger partial charge in [0.05, 0.1) is 27.8 Å². The van der Waals surface area contributed by atoms with Crippen LogP contribution in [0.3, 0.4) is 0 Å². The molecule has 2 aromatic carbocycles. The molecule has 116 valence electrons. The number of ether oxygens (including phenoxy) is 4. The molecular formula is C17H18O5. The number of para-hydroxylation sites is 1. The average Bonchev–Trinajstić information content (AvgIpc) is 2.55. The van der Waals surface area contributed by atoms with Crippen molar-refractivity contribution in [2.24, 2.45) is 0 Å². The molecule has 2 aromatic rings. The van der Waals surface area contributed by atoms with Crippen LogP contribution in [0.5, 0.6) is 23.0 Å². The molecule has 2 rings (SSSR count). The first-order valence-corrected chi connectivity index (χ1v) is 6.72. The van der Waals surface area contributed by atoms with Crippen LogP contribution in [-0.2, 0) is 11.2 Å². The minimum Gasteiger partial charge on any atom is -0.497 e. The Bertz CT molecular complexity index is 629. The summed E-state index contributed by atoms with van der Waals surface area (Å²) in [5, 5.41) is 0. The number of rotatable bonds is 6. The molecule has 0 unspecified atom stereocenters. The molecule has 0 radical (unpaired) electrons. The van der Waals surface area contributed by atoms with Gasteiger partial charge < -0.3 is 18.9 Å². The second-order valence-corrected chi connectivity index (χ2v) is 4.49. The Balaban J connectivity index is 2.15. The zero-order valence-electron chi connectivity index (χ0n) is 12.8. The summed E-state index contributed by atoms with van der Waals surface area (Å²) in [6, 6.07) is 12.4. The summed E-state index contributed by atoms with van der Waals surface area (Å²) in [6.07, 6.45) is 0.123. The molecule has 0 saturated heterocycles. The highest BCUT2D eigenvalue weighted by Gasteiger charge is 2.16. The van der Waals surface area contributed by atoms with Crippen LogP contribution in [0.1, 0.15) is 5.56 Å². The third-order valence-electron chi connectivity index (χ3n) is 3.08. The van der Waals surface area contributed by atoms with Gasteiger partial charge in [-0.05, 0) is 29.8 Å². The van der Waals surface area contributed by atoms with E-state index in [1.807, 2.05) is 18.2 Å². The van der Waals surface area contributed by atoms with Crippen molar-refractivity contribution in [3.05, 3.63) is 48.0 Å². The van der Waals surface area contributed by atoms with E-state index < -0.39 is 5.97 Å². The predicted molar refractivity (Wildman–Crippen MR) is 81.9 cm³/mol. The van der Waals surface area contributed by atoms with Crippen LogP contribution in [-0.4, -0.2) is 27.3 Å². The molecule has 22 heavy (non-hydrogen) atoms. The van der Waals surface area contributed by atoms with Gasteiger partial charge in [-0.25, -0.2) is 0 Å². The highest BCUT2D eigenvalue weighted by atomic mass is 16.6. The van der Waals surface area contributed by atoms with Crippen molar-refractivity contribution in [2.45, 2.75) is 6.42 Å². The molecule has 0 bridgehead atoms. The van der Waals surface area contributed by atoms with Crippen LogP contribution in [0, 0.1) is 0 Å². The fourth-order valence-electron chi connectivity index (χ4n) is 2.02. The van der Waals surface area contributed by atoms with E-state index in [4.69, 9.17) is 18.9 Å². The lowest BCUT2D eigenvalue weighted by Gasteiger charge is -2.12. The van der Waals surface area contributed by atoms with Crippen molar-refractivity contribution in [3.8, 4) is 23.0 Å². The van der Waals surface area contributed by atoms with Crippen LogP contribution < -0.4 is 18.9 Å². The molecule has 0 spiro atoms. The first kappa shape index (κ1) is 15.7. The number of carbonyl (C=O) groups excluding carboxylic acids is 1. The van der Waals surface area contributed by atoms with E-state index in [0.29, 0.717) is 17.2 Å². The molecular weight excluding hydrogens is 284 g/mol. The molecule has 5 nitrogen and oxygen atoms in total. The summed E-state index contributed by atoms with van der Waals surface area (Å²) in [5.74, 6) is 1.45. The number of hydrogen-bond acceptors (Lipinski definition) is 5. The van der Waals surface area contributed by atoms with E-state index in [1.54, 1.807) is 31.4 Å². The molecule has 0 aliphatic carbocycles. The Morgan fingerprint density at radius 3 is 2.14 bits per heavy atom. The summed E-state index contributed by atoms with van der Waals surface area (Å²) >= 11 is 0. The third-order valence-corrected chi connectivity index (χ3v) is 3.08. The minimum absolute atomic E-state index is 0.123. The monoisotopic (exact) mass is 302 g/mol. The molecule has 5 heteroatoms. The van der Waals surface area contributed by atoms with Crippen molar-refractivity contribution < 1.29 is 23.7 Å². The van der Waals surface area contributed by atoms with Crippen molar-refractivity contribution in [3.63, 3.8) is 0 Å². The molecule has 0 aromatic heterocycles. The van der Waals surface area contributed by atoms with E-state index in [0.717, 1.165) is 5.56 Å². The van der Waals surface area contributed by atoms with Gasteiger partial charge in [0.1, 0.15) is 5.75 Å². The number of carbonyl (C=O) groups is 1. The smallest absolute Gasteiger partial charge is 0.315 e. The molecule has 0 heterocycles. The minimum atomic E-state index is -0.406. The Labute approximate surface area is 129 Å². The van der Waals surface area contributed by atoms with Crippen LogP contribution in [0.25, 0.3) is 0 Å². The maximum atomic E-state index is 12.1. The van der Waals surface area contributed by atoms with E-state index in [1.165, 1.54) is 14.2 Å². The second kappa shape index (κ2) is 7.36. The van der Waals surface area contributed by atoms with Crippen molar-refractivity contribution >= 4 is 5.97 Å². The van der Waals surface area contributed by atoms with E-state index in [2.05, 4.69) is 0 Å². The van der Waals surface area contributed by atoms with E-state index in [-0.39, 0.29) is 12.2 Å². The number of methoxy groups -OCH3 is 3. The lowest BCUT2D eigenvalue weighted by atomic mass is 10.1. The van der Waals surface area contributed by atoms with Gasteiger partial charge in [0.25, 0.3) is 0 Å². The summed E-state index contributed by atoms with van der Waals surface area (Å²) in [4.78, 5) is 12.1. The Kier molecular flexibility index (Phi) is 5.25. The zero-order chi connectivity index (χ0) is 15.9. The summed E-state index contributed by atoms with van der Waals surface area (Å²) in [7, 11) is 4.60. The molecule has 0 amide bonds. The van der Waals surface area contributed by atoms with Gasteiger partial charge in [-0.3, -0.25) is 4.79 Å². The van der Waals surface area contributed by atoms with Crippen LogP contribution in [0.4, 0.5) is 0 Å². The van der Waals surface area contributed by atoms with E-state index >= 15 is 0 Å². The van der Waals surface area contributed by atoms with Gasteiger partial charge in [-0.1, -0.05) is 18.2 Å². The maximum Gasteiger partial charge on any atom is 0.315 e. The molecule has 0 aliphatic rings. The predicted octanol–water partition coefficient (Wildman–Crippen LogP) is 2.86. The van der Waals surface area contributed by atoms with Crippen molar-refractivity contribution in [1.82, 2.24) is 0 Å². The highest BCUT2D eigenvalue weighted by Crippen LogP contribution is 2.37. The maximum absolute atomic E-state index is 12.1. The molecule has 0 atom stereocenters. The first-order valence-electron chi connectivity index (χ1n) is 6.72. The lowest BCUT2D eigenvalue weighted by molar-refractivity contribution is -0.133. The van der Waals surface area contributed by atoms with Gasteiger partial charge >= 0.3 is 5.97 Å². The Hall–Kier alpha value is -2.69. The second-order valence-electron chi connectivity index (χ2n) is 4.49. The average molecular weight is 302 g/mol. The van der Waals surface area contributed by atoms with E-state index in [9.17, 15) is 4.79 Å². The number of benzene rings is 2. The number of hydrogen-bond donors (Lipinski definition) is 0. The van der Waals surface area contributed by atoms with Gasteiger partial charge in [-0.15, -0.1) is 0 Å². The normalized spacial score (nSPS) is 9.95. The van der Waals surface area contributed by atoms with Crippen LogP contribution in [0.15, 0.2) is 42.5 Å². The SMILES string of the molecule is COc1cccc(CC(=O)Oc2c(OC)cccc2OC)c1. The number of esters is 1. The quantitative estimate of drug-likeness (QED) is 0.606. The standard InChI is InChI=1S/C17H18O5/c1-19-13-7-4-6-12(10-13)11-16(18)22-17-14(20-2)8-5-9-15(17)21-3/h4-10H,11H2,1-3H3. The fourth-order valence-corrected chi connectivity index (χ4v) is 2.02. The fraction of sp³-hybridized carbons (Fsp3) is 0.235. The van der Waals surface area contributed by atoms with Crippen LogP contribution in [0.2, 0.25) is 0 Å². The summed E-state index contributed by atoms with van der Waals surface area (Å²) < 4.78 is 20.9. The van der Waals surface area contributed by atoms with Crippen LogP contribution >= 0.6 is 0 Å². The molecule has 0 fully saturated rings. The Morgan fingerprint density at radius 1 is 0.909 bits per heavy atom. The zero-order valence-corrected chi connectivity index (χ0v) is 12.8. The molecule has 0 N–H and O–H groups in total. The van der Waals surface area contributed by atoms with Gasteiger partial charge in [-0.2, -0.15) is 0 Å². The summed E-state index contributed by atoms with van der Waals surface area (Å²) in [5.41, 5.74) is 0.804.